The minimum Gasteiger partial charge on any atom is -0.484 e. The summed E-state index contributed by atoms with van der Waals surface area (Å²) in [6, 6.07) is 10.9. The topological polar surface area (TPSA) is 76.8 Å². The fourth-order valence-corrected chi connectivity index (χ4v) is 4.96. The van der Waals surface area contributed by atoms with Crippen LogP contribution in [0.4, 0.5) is 0 Å². The number of amides is 1. The first-order valence-electron chi connectivity index (χ1n) is 9.13. The molecule has 1 aliphatic heterocycles. The number of sulfone groups is 1. The van der Waals surface area contributed by atoms with Gasteiger partial charge in [0.25, 0.3) is 5.91 Å². The zero-order chi connectivity index (χ0) is 19.4. The molecule has 2 heterocycles. The molecule has 0 spiro atoms. The molecular formula is C20H25NO5S. The summed E-state index contributed by atoms with van der Waals surface area (Å²) < 4.78 is 35.0. The average Bonchev–Trinajstić information content (AvgIpc) is 3.22. The van der Waals surface area contributed by atoms with Crippen molar-refractivity contribution in [3.05, 3.63) is 53.5 Å². The van der Waals surface area contributed by atoms with Crippen LogP contribution in [-0.2, 0) is 27.6 Å². The van der Waals surface area contributed by atoms with Crippen molar-refractivity contribution >= 4 is 15.7 Å². The van der Waals surface area contributed by atoms with Crippen LogP contribution in [0, 0.1) is 6.92 Å². The normalized spacial score (nSPS) is 18.4. The van der Waals surface area contributed by atoms with Crippen molar-refractivity contribution in [3.8, 4) is 5.75 Å². The molecule has 0 bridgehead atoms. The van der Waals surface area contributed by atoms with E-state index < -0.39 is 9.84 Å². The van der Waals surface area contributed by atoms with E-state index in [-0.39, 0.29) is 36.6 Å². The van der Waals surface area contributed by atoms with Gasteiger partial charge in [-0.05, 0) is 49.6 Å². The predicted molar refractivity (Wildman–Crippen MR) is 102 cm³/mol. The molecule has 6 nitrogen and oxygen atoms in total. The lowest BCUT2D eigenvalue weighted by atomic mass is 10.2. The molecule has 0 aliphatic carbocycles. The molecule has 7 heteroatoms. The Morgan fingerprint density at radius 1 is 1.22 bits per heavy atom. The summed E-state index contributed by atoms with van der Waals surface area (Å²) in [5, 5.41) is 0. The van der Waals surface area contributed by atoms with Gasteiger partial charge in [-0.1, -0.05) is 19.1 Å². The van der Waals surface area contributed by atoms with E-state index in [1.807, 2.05) is 43.3 Å². The smallest absolute Gasteiger partial charge is 0.261 e. The quantitative estimate of drug-likeness (QED) is 0.725. The van der Waals surface area contributed by atoms with Crippen LogP contribution in [0.2, 0.25) is 0 Å². The van der Waals surface area contributed by atoms with Gasteiger partial charge in [0, 0.05) is 6.04 Å². The third kappa shape index (κ3) is 5.13. The van der Waals surface area contributed by atoms with Crippen LogP contribution in [0.3, 0.4) is 0 Å². The molecule has 2 aromatic rings. The summed E-state index contributed by atoms with van der Waals surface area (Å²) in [4.78, 5) is 14.4. The number of carbonyl (C=O) groups excluding carboxylic acids is 1. The van der Waals surface area contributed by atoms with Crippen LogP contribution in [0.15, 0.2) is 40.8 Å². The Hall–Kier alpha value is -2.28. The van der Waals surface area contributed by atoms with Gasteiger partial charge in [0.2, 0.25) is 0 Å². The second-order valence-corrected chi connectivity index (χ2v) is 9.11. The Morgan fingerprint density at radius 3 is 2.52 bits per heavy atom. The third-order valence-electron chi connectivity index (χ3n) is 4.79. The number of hydrogen-bond donors (Lipinski definition) is 0. The summed E-state index contributed by atoms with van der Waals surface area (Å²) in [7, 11) is -3.10. The number of hydrogen-bond acceptors (Lipinski definition) is 5. The van der Waals surface area contributed by atoms with E-state index in [0.29, 0.717) is 17.9 Å². The van der Waals surface area contributed by atoms with Crippen molar-refractivity contribution in [3.63, 3.8) is 0 Å². The van der Waals surface area contributed by atoms with E-state index >= 15 is 0 Å². The molecule has 1 saturated heterocycles. The maximum absolute atomic E-state index is 12.8. The van der Waals surface area contributed by atoms with Gasteiger partial charge in [0.05, 0.1) is 18.1 Å². The highest BCUT2D eigenvalue weighted by Gasteiger charge is 2.35. The standard InChI is InChI=1S/C20H25NO5S/c1-3-16-5-8-18(9-6-16)25-13-20(22)21(12-19-7-4-15(2)26-19)17-10-11-27(23,24)14-17/h4-9,17H,3,10-14H2,1-2H3/t17-/m0/s1. The number of benzene rings is 1. The van der Waals surface area contributed by atoms with Crippen molar-refractivity contribution in [2.24, 2.45) is 0 Å². The molecule has 1 aromatic carbocycles. The molecule has 1 amide bonds. The second kappa shape index (κ2) is 8.17. The first-order chi connectivity index (χ1) is 12.9. The van der Waals surface area contributed by atoms with E-state index in [9.17, 15) is 13.2 Å². The lowest BCUT2D eigenvalue weighted by Crippen LogP contribution is -2.43. The van der Waals surface area contributed by atoms with Gasteiger partial charge in [-0.15, -0.1) is 0 Å². The van der Waals surface area contributed by atoms with E-state index in [4.69, 9.17) is 9.15 Å². The lowest BCUT2D eigenvalue weighted by Gasteiger charge is -2.27. The number of furan rings is 1. The Kier molecular flexibility index (Phi) is 5.89. The average molecular weight is 391 g/mol. The van der Waals surface area contributed by atoms with E-state index in [0.717, 1.165) is 12.2 Å². The highest BCUT2D eigenvalue weighted by Crippen LogP contribution is 2.22. The number of rotatable bonds is 7. The van der Waals surface area contributed by atoms with Crippen LogP contribution in [0.25, 0.3) is 0 Å². The zero-order valence-electron chi connectivity index (χ0n) is 15.7. The maximum atomic E-state index is 12.8. The summed E-state index contributed by atoms with van der Waals surface area (Å²) in [6.07, 6.45) is 1.38. The molecule has 1 aromatic heterocycles. The molecule has 3 rings (SSSR count). The molecule has 1 aliphatic rings. The lowest BCUT2D eigenvalue weighted by molar-refractivity contribution is -0.136. The molecule has 27 heavy (non-hydrogen) atoms. The minimum absolute atomic E-state index is 0.0103. The summed E-state index contributed by atoms with van der Waals surface area (Å²) in [5.41, 5.74) is 1.19. The fourth-order valence-electron chi connectivity index (χ4n) is 3.23. The van der Waals surface area contributed by atoms with Crippen molar-refractivity contribution in [2.75, 3.05) is 18.1 Å². The Morgan fingerprint density at radius 2 is 1.96 bits per heavy atom. The summed E-state index contributed by atoms with van der Waals surface area (Å²) >= 11 is 0. The van der Waals surface area contributed by atoms with Crippen molar-refractivity contribution in [2.45, 2.75) is 39.3 Å². The third-order valence-corrected chi connectivity index (χ3v) is 6.54. The van der Waals surface area contributed by atoms with Crippen molar-refractivity contribution < 1.29 is 22.4 Å². The maximum Gasteiger partial charge on any atom is 0.261 e. The molecular weight excluding hydrogens is 366 g/mol. The van der Waals surface area contributed by atoms with E-state index in [2.05, 4.69) is 6.92 Å². The number of aryl methyl sites for hydroxylation is 2. The van der Waals surface area contributed by atoms with Gasteiger partial charge in [-0.25, -0.2) is 8.42 Å². The zero-order valence-corrected chi connectivity index (χ0v) is 16.5. The fraction of sp³-hybridized carbons (Fsp3) is 0.450. The number of carbonyl (C=O) groups is 1. The molecule has 1 fully saturated rings. The molecule has 146 valence electrons. The second-order valence-electron chi connectivity index (χ2n) is 6.88. The highest BCUT2D eigenvalue weighted by molar-refractivity contribution is 7.91. The first kappa shape index (κ1) is 19.5. The SMILES string of the molecule is CCc1ccc(OCC(=O)N(Cc2ccc(C)o2)[C@H]2CCS(=O)(=O)C2)cc1. The molecule has 0 saturated carbocycles. The van der Waals surface area contributed by atoms with Crippen LogP contribution >= 0.6 is 0 Å². The molecule has 1 atom stereocenters. The Bertz CT molecular complexity index is 885. The van der Waals surface area contributed by atoms with Crippen molar-refractivity contribution in [1.82, 2.24) is 4.90 Å². The van der Waals surface area contributed by atoms with Crippen molar-refractivity contribution in [1.29, 1.82) is 0 Å². The number of nitrogens with zero attached hydrogens (tertiary/aromatic N) is 1. The van der Waals surface area contributed by atoms with Gasteiger partial charge >= 0.3 is 0 Å². The van der Waals surface area contributed by atoms with E-state index in [1.165, 1.54) is 5.56 Å². The minimum atomic E-state index is -3.10. The van der Waals surface area contributed by atoms with Crippen LogP contribution in [-0.4, -0.2) is 43.4 Å². The largest absolute Gasteiger partial charge is 0.484 e. The van der Waals surface area contributed by atoms with Gasteiger partial charge in [0.15, 0.2) is 16.4 Å². The Labute approximate surface area is 160 Å². The summed E-state index contributed by atoms with van der Waals surface area (Å²) in [5.74, 6) is 1.86. The molecule has 0 radical (unpaired) electrons. The van der Waals surface area contributed by atoms with Crippen LogP contribution in [0.5, 0.6) is 5.75 Å². The van der Waals surface area contributed by atoms with Gasteiger partial charge in [0.1, 0.15) is 17.3 Å². The van der Waals surface area contributed by atoms with E-state index in [1.54, 1.807) is 4.90 Å². The Balaban J connectivity index is 1.69. The predicted octanol–water partition coefficient (Wildman–Crippen LogP) is 2.75. The van der Waals surface area contributed by atoms with Crippen LogP contribution in [0.1, 0.15) is 30.4 Å². The first-order valence-corrected chi connectivity index (χ1v) is 11.0. The molecule has 0 N–H and O–H groups in total. The van der Waals surface area contributed by atoms with Gasteiger partial charge < -0.3 is 14.1 Å². The summed E-state index contributed by atoms with van der Waals surface area (Å²) in [6.45, 7) is 4.01. The number of ether oxygens (including phenoxy) is 1. The van der Waals surface area contributed by atoms with Gasteiger partial charge in [-0.2, -0.15) is 0 Å². The van der Waals surface area contributed by atoms with Gasteiger partial charge in [-0.3, -0.25) is 4.79 Å². The highest BCUT2D eigenvalue weighted by atomic mass is 32.2. The van der Waals surface area contributed by atoms with Crippen LogP contribution < -0.4 is 4.74 Å². The monoisotopic (exact) mass is 391 g/mol. The molecule has 0 unspecified atom stereocenters.